The number of anilines is 1. The average Bonchev–Trinajstić information content (AvgIpc) is 2.68. The molecule has 3 rings (SSSR count). The molecule has 136 valence electrons. The minimum Gasteiger partial charge on any atom is -0.473 e. The summed E-state index contributed by atoms with van der Waals surface area (Å²) in [5.41, 5.74) is 6.20. The molecule has 1 heterocycles. The molecule has 0 saturated heterocycles. The number of benzene rings is 2. The van der Waals surface area contributed by atoms with Gasteiger partial charge in [0.15, 0.2) is 0 Å². The zero-order valence-corrected chi connectivity index (χ0v) is 15.2. The minimum absolute atomic E-state index is 0.0854. The van der Waals surface area contributed by atoms with E-state index in [-0.39, 0.29) is 6.10 Å². The summed E-state index contributed by atoms with van der Waals surface area (Å²) in [5.74, 6) is 0.527. The van der Waals surface area contributed by atoms with Crippen LogP contribution in [0.15, 0.2) is 71.8 Å². The molecule has 0 saturated carbocycles. The maximum Gasteiger partial charge on any atom is 0.235 e. The highest BCUT2D eigenvalue weighted by Crippen LogP contribution is 2.22. The van der Waals surface area contributed by atoms with Gasteiger partial charge in [-0.05, 0) is 31.0 Å². The van der Waals surface area contributed by atoms with Gasteiger partial charge in [-0.3, -0.25) is 5.43 Å². The molecule has 2 aromatic carbocycles. The van der Waals surface area contributed by atoms with E-state index in [1.165, 1.54) is 0 Å². The lowest BCUT2D eigenvalue weighted by Gasteiger charge is -2.29. The normalized spacial score (nSPS) is 16.2. The van der Waals surface area contributed by atoms with E-state index in [0.717, 1.165) is 23.4 Å². The molecule has 5 nitrogen and oxygen atoms in total. The van der Waals surface area contributed by atoms with Crippen molar-refractivity contribution in [2.24, 2.45) is 5.10 Å². The lowest BCUT2D eigenvalue weighted by Crippen LogP contribution is -2.37. The van der Waals surface area contributed by atoms with Crippen molar-refractivity contribution in [1.29, 1.82) is 0 Å². The Morgan fingerprint density at radius 1 is 1.08 bits per heavy atom. The fraction of sp³-hybridized carbons (Fsp3) is 0.286. The van der Waals surface area contributed by atoms with Gasteiger partial charge in [-0.1, -0.05) is 55.5 Å². The van der Waals surface area contributed by atoms with Gasteiger partial charge < -0.3 is 9.84 Å². The van der Waals surface area contributed by atoms with Crippen LogP contribution in [0.1, 0.15) is 32.3 Å². The second kappa shape index (κ2) is 8.54. The van der Waals surface area contributed by atoms with Gasteiger partial charge in [-0.25, -0.2) is 0 Å². The number of aliphatic hydroxyl groups excluding tert-OH is 1. The highest BCUT2D eigenvalue weighted by molar-refractivity contribution is 5.97. The molecule has 0 radical (unpaired) electrons. The molecule has 2 atom stereocenters. The number of nitrogens with zero attached hydrogens (tertiary/aromatic N) is 2. The first kappa shape index (κ1) is 18.0. The van der Waals surface area contributed by atoms with Crippen molar-refractivity contribution in [3.8, 4) is 0 Å². The highest BCUT2D eigenvalue weighted by Gasteiger charge is 2.20. The molecule has 0 bridgehead atoms. The second-order valence-corrected chi connectivity index (χ2v) is 6.35. The van der Waals surface area contributed by atoms with E-state index in [2.05, 4.69) is 10.5 Å². The summed E-state index contributed by atoms with van der Waals surface area (Å²) in [7, 11) is 0. The molecular formula is C21H25N3O2. The van der Waals surface area contributed by atoms with Crippen LogP contribution in [0.2, 0.25) is 0 Å². The molecule has 0 aromatic heterocycles. The van der Waals surface area contributed by atoms with E-state index < -0.39 is 6.10 Å². The lowest BCUT2D eigenvalue weighted by molar-refractivity contribution is 0.0967. The van der Waals surface area contributed by atoms with E-state index in [0.29, 0.717) is 12.3 Å². The van der Waals surface area contributed by atoms with Gasteiger partial charge in [0.1, 0.15) is 6.10 Å². The highest BCUT2D eigenvalue weighted by atomic mass is 16.5. The van der Waals surface area contributed by atoms with E-state index in [1.807, 2.05) is 73.7 Å². The average molecular weight is 351 g/mol. The van der Waals surface area contributed by atoms with Crippen LogP contribution < -0.4 is 10.5 Å². The van der Waals surface area contributed by atoms with E-state index in [9.17, 15) is 5.11 Å². The Hall–Kier alpha value is -2.79. The number of aliphatic hydroxyl groups is 1. The number of ether oxygens (including phenoxy) is 1. The first-order chi connectivity index (χ1) is 12.7. The Bertz CT molecular complexity index is 757. The fourth-order valence-corrected chi connectivity index (χ4v) is 2.79. The van der Waals surface area contributed by atoms with Crippen molar-refractivity contribution in [1.82, 2.24) is 5.43 Å². The van der Waals surface area contributed by atoms with Gasteiger partial charge in [-0.2, -0.15) is 5.12 Å². The van der Waals surface area contributed by atoms with E-state index in [4.69, 9.17) is 4.74 Å². The van der Waals surface area contributed by atoms with E-state index in [1.54, 1.807) is 12.0 Å². The van der Waals surface area contributed by atoms with Gasteiger partial charge in [-0.15, -0.1) is 5.10 Å². The van der Waals surface area contributed by atoms with Crippen LogP contribution in [0, 0.1) is 0 Å². The van der Waals surface area contributed by atoms with Crippen LogP contribution in [0.4, 0.5) is 5.69 Å². The lowest BCUT2D eigenvalue weighted by atomic mass is 10.1. The second-order valence-electron chi connectivity index (χ2n) is 6.35. The van der Waals surface area contributed by atoms with Crippen LogP contribution in [0.25, 0.3) is 5.70 Å². The molecule has 0 spiro atoms. The summed E-state index contributed by atoms with van der Waals surface area (Å²) in [6, 6.07) is 19.9. The Labute approximate surface area is 154 Å². The number of nitrogens with one attached hydrogen (secondary N) is 1. The number of hydrogen-bond acceptors (Lipinski definition) is 5. The van der Waals surface area contributed by atoms with Crippen molar-refractivity contribution in [2.75, 3.05) is 5.12 Å². The molecule has 2 N–H and O–H groups in total. The Balaban J connectivity index is 1.89. The van der Waals surface area contributed by atoms with Crippen LogP contribution in [0.5, 0.6) is 0 Å². The first-order valence-corrected chi connectivity index (χ1v) is 8.98. The van der Waals surface area contributed by atoms with Crippen molar-refractivity contribution in [2.45, 2.75) is 38.9 Å². The first-order valence-electron chi connectivity index (χ1n) is 8.98. The van der Waals surface area contributed by atoms with Crippen LogP contribution in [-0.4, -0.2) is 23.2 Å². The van der Waals surface area contributed by atoms with Crippen molar-refractivity contribution >= 4 is 17.3 Å². The molecule has 2 unspecified atom stereocenters. The molecule has 2 aromatic rings. The molecule has 26 heavy (non-hydrogen) atoms. The van der Waals surface area contributed by atoms with Gasteiger partial charge in [0.05, 0.1) is 17.5 Å². The monoisotopic (exact) mass is 351 g/mol. The van der Waals surface area contributed by atoms with Crippen LogP contribution in [-0.2, 0) is 4.74 Å². The third-order valence-electron chi connectivity index (χ3n) is 4.13. The number of hydrogen-bond donors (Lipinski definition) is 2. The quantitative estimate of drug-likeness (QED) is 0.828. The Kier molecular flexibility index (Phi) is 5.92. The fourth-order valence-electron chi connectivity index (χ4n) is 2.79. The summed E-state index contributed by atoms with van der Waals surface area (Å²) in [6.45, 7) is 3.82. The summed E-state index contributed by atoms with van der Waals surface area (Å²) in [4.78, 5) is 0. The smallest absolute Gasteiger partial charge is 0.235 e. The van der Waals surface area contributed by atoms with Crippen molar-refractivity contribution in [3.05, 3.63) is 72.3 Å². The van der Waals surface area contributed by atoms with Crippen molar-refractivity contribution < 1.29 is 9.84 Å². The molecular weight excluding hydrogens is 326 g/mol. The number of hydrazine groups is 1. The van der Waals surface area contributed by atoms with Crippen LogP contribution in [0.3, 0.4) is 0 Å². The third kappa shape index (κ3) is 4.64. The topological polar surface area (TPSA) is 57.1 Å². The minimum atomic E-state index is -0.412. The SMILES string of the molecule is CCC(CC(C)O)OC1=NN(c2ccccc2)NC(c2ccccc2)=C1. The van der Waals surface area contributed by atoms with Gasteiger partial charge in [0, 0.05) is 12.5 Å². The Morgan fingerprint density at radius 2 is 1.73 bits per heavy atom. The number of rotatable bonds is 6. The largest absolute Gasteiger partial charge is 0.473 e. The predicted molar refractivity (Wildman–Crippen MR) is 105 cm³/mol. The number of hydrazone groups is 1. The molecule has 1 aliphatic rings. The summed E-state index contributed by atoms with van der Waals surface area (Å²) in [5, 5.41) is 16.0. The standard InChI is InChI=1S/C21H25N3O2/c1-3-19(14-16(2)25)26-21-15-20(17-10-6-4-7-11-17)22-24(23-21)18-12-8-5-9-13-18/h4-13,15-16,19,22,25H,3,14H2,1-2H3. The summed E-state index contributed by atoms with van der Waals surface area (Å²) < 4.78 is 6.09. The van der Waals surface area contributed by atoms with E-state index >= 15 is 0 Å². The molecule has 0 amide bonds. The molecule has 0 fully saturated rings. The zero-order chi connectivity index (χ0) is 18.4. The Morgan fingerprint density at radius 3 is 2.35 bits per heavy atom. The molecule has 1 aliphatic heterocycles. The zero-order valence-electron chi connectivity index (χ0n) is 15.2. The predicted octanol–water partition coefficient (Wildman–Crippen LogP) is 3.93. The molecule has 5 heteroatoms. The van der Waals surface area contributed by atoms with Gasteiger partial charge >= 0.3 is 0 Å². The maximum atomic E-state index is 9.69. The summed E-state index contributed by atoms with van der Waals surface area (Å²) in [6.07, 6.45) is 2.78. The van der Waals surface area contributed by atoms with Gasteiger partial charge in [0.25, 0.3) is 0 Å². The third-order valence-corrected chi connectivity index (χ3v) is 4.13. The summed E-state index contributed by atoms with van der Waals surface area (Å²) >= 11 is 0. The van der Waals surface area contributed by atoms with Gasteiger partial charge in [0.2, 0.25) is 5.90 Å². The van der Waals surface area contributed by atoms with Crippen molar-refractivity contribution in [3.63, 3.8) is 0 Å². The molecule has 0 aliphatic carbocycles. The van der Waals surface area contributed by atoms with Crippen LogP contribution >= 0.6 is 0 Å². The number of para-hydroxylation sites is 1. The maximum absolute atomic E-state index is 9.69.